The number of hydrogen-bond acceptors (Lipinski definition) is 4. The number of nitrogens with one attached hydrogen (secondary N) is 1. The van der Waals surface area contributed by atoms with Crippen LogP contribution in [-0.2, 0) is 0 Å². The van der Waals surface area contributed by atoms with E-state index in [0.717, 1.165) is 10.4 Å². The molecule has 0 fully saturated rings. The number of phenolic OH excluding ortho intramolecular Hbond substituents is 1. The number of amides is 1. The quantitative estimate of drug-likeness (QED) is 0.575. The van der Waals surface area contributed by atoms with E-state index in [1.54, 1.807) is 6.07 Å². The molecule has 0 saturated heterocycles. The fourth-order valence-corrected chi connectivity index (χ4v) is 2.46. The molecule has 0 aliphatic heterocycles. The number of anilines is 2. The van der Waals surface area contributed by atoms with Crippen LogP contribution in [0.4, 0.5) is 11.4 Å². The summed E-state index contributed by atoms with van der Waals surface area (Å²) in [7, 11) is 0. The Kier molecular flexibility index (Phi) is 3.25. The van der Waals surface area contributed by atoms with Crippen LogP contribution in [0.15, 0.2) is 24.3 Å². The van der Waals surface area contributed by atoms with Gasteiger partial charge in [0.25, 0.3) is 5.91 Å². The van der Waals surface area contributed by atoms with Crippen LogP contribution >= 0.6 is 11.3 Å². The molecule has 2 rings (SSSR count). The Morgan fingerprint density at radius 3 is 2.61 bits per heavy atom. The van der Waals surface area contributed by atoms with Gasteiger partial charge in [0.2, 0.25) is 0 Å². The van der Waals surface area contributed by atoms with Crippen molar-refractivity contribution >= 4 is 28.6 Å². The molecule has 5 heteroatoms. The van der Waals surface area contributed by atoms with Crippen molar-refractivity contribution in [3.8, 4) is 5.75 Å². The molecule has 0 radical (unpaired) electrons. The number of thiophene rings is 1. The van der Waals surface area contributed by atoms with Crippen LogP contribution in [0.3, 0.4) is 0 Å². The van der Waals surface area contributed by atoms with Crippen molar-refractivity contribution in [2.24, 2.45) is 0 Å². The molecule has 0 unspecified atom stereocenters. The average Bonchev–Trinajstić information content (AvgIpc) is 2.63. The molecule has 1 heterocycles. The van der Waals surface area contributed by atoms with Crippen molar-refractivity contribution < 1.29 is 9.90 Å². The van der Waals surface area contributed by atoms with E-state index in [9.17, 15) is 9.90 Å². The highest BCUT2D eigenvalue weighted by atomic mass is 32.1. The van der Waals surface area contributed by atoms with E-state index < -0.39 is 0 Å². The van der Waals surface area contributed by atoms with Gasteiger partial charge in [-0.3, -0.25) is 4.79 Å². The Labute approximate surface area is 109 Å². The summed E-state index contributed by atoms with van der Waals surface area (Å²) in [6.07, 6.45) is 0. The molecule has 1 amide bonds. The standard InChI is InChI=1S/C13H14N2O2S/c1-7-5-12(18-8(7)2)13(17)15-11-4-3-9(16)6-10(11)14/h3-6,16H,14H2,1-2H3,(H,15,17). The van der Waals surface area contributed by atoms with Gasteiger partial charge in [-0.1, -0.05) is 0 Å². The Bertz CT molecular complexity index is 586. The van der Waals surface area contributed by atoms with Gasteiger partial charge in [0.1, 0.15) is 5.75 Å². The van der Waals surface area contributed by atoms with E-state index in [1.807, 2.05) is 19.9 Å². The van der Waals surface area contributed by atoms with E-state index in [1.165, 1.54) is 23.5 Å². The molecule has 0 saturated carbocycles. The van der Waals surface area contributed by atoms with E-state index >= 15 is 0 Å². The first-order valence-corrected chi connectivity index (χ1v) is 6.26. The second-order valence-electron chi connectivity index (χ2n) is 4.08. The fourth-order valence-electron chi connectivity index (χ4n) is 1.53. The van der Waals surface area contributed by atoms with Crippen LogP contribution in [0.5, 0.6) is 5.75 Å². The Morgan fingerprint density at radius 1 is 1.33 bits per heavy atom. The number of benzene rings is 1. The van der Waals surface area contributed by atoms with Gasteiger partial charge < -0.3 is 16.2 Å². The molecular weight excluding hydrogens is 248 g/mol. The zero-order valence-corrected chi connectivity index (χ0v) is 11.0. The highest BCUT2D eigenvalue weighted by Gasteiger charge is 2.12. The van der Waals surface area contributed by atoms with Crippen LogP contribution in [-0.4, -0.2) is 11.0 Å². The van der Waals surface area contributed by atoms with Crippen LogP contribution < -0.4 is 11.1 Å². The minimum Gasteiger partial charge on any atom is -0.508 e. The summed E-state index contributed by atoms with van der Waals surface area (Å²) < 4.78 is 0. The van der Waals surface area contributed by atoms with E-state index in [0.29, 0.717) is 16.3 Å². The minimum atomic E-state index is -0.186. The molecule has 0 aliphatic carbocycles. The summed E-state index contributed by atoms with van der Waals surface area (Å²) in [5.74, 6) is -0.109. The highest BCUT2D eigenvalue weighted by Crippen LogP contribution is 2.26. The van der Waals surface area contributed by atoms with Crippen molar-refractivity contribution in [2.75, 3.05) is 11.1 Å². The van der Waals surface area contributed by atoms with Crippen molar-refractivity contribution in [2.45, 2.75) is 13.8 Å². The number of hydrogen-bond donors (Lipinski definition) is 3. The van der Waals surface area contributed by atoms with Gasteiger partial charge in [0, 0.05) is 10.9 Å². The number of carbonyl (C=O) groups is 1. The number of rotatable bonds is 2. The van der Waals surface area contributed by atoms with Gasteiger partial charge in [0.05, 0.1) is 16.3 Å². The summed E-state index contributed by atoms with van der Waals surface area (Å²) in [5.41, 5.74) is 7.65. The van der Waals surface area contributed by atoms with Gasteiger partial charge in [-0.15, -0.1) is 11.3 Å². The highest BCUT2D eigenvalue weighted by molar-refractivity contribution is 7.14. The summed E-state index contributed by atoms with van der Waals surface area (Å²) in [6, 6.07) is 6.32. The summed E-state index contributed by atoms with van der Waals surface area (Å²) in [6.45, 7) is 3.95. The number of aryl methyl sites for hydroxylation is 2. The molecule has 0 atom stereocenters. The average molecular weight is 262 g/mol. The van der Waals surface area contributed by atoms with Crippen LogP contribution in [0.1, 0.15) is 20.1 Å². The number of phenols is 1. The van der Waals surface area contributed by atoms with Gasteiger partial charge >= 0.3 is 0 Å². The summed E-state index contributed by atoms with van der Waals surface area (Å²) in [5, 5.41) is 12.0. The first-order valence-electron chi connectivity index (χ1n) is 5.44. The van der Waals surface area contributed by atoms with E-state index in [2.05, 4.69) is 5.32 Å². The Balaban J connectivity index is 2.21. The topological polar surface area (TPSA) is 75.3 Å². The largest absolute Gasteiger partial charge is 0.508 e. The maximum absolute atomic E-state index is 12.0. The Morgan fingerprint density at radius 2 is 2.06 bits per heavy atom. The molecule has 94 valence electrons. The predicted octanol–water partition coefficient (Wildman–Crippen LogP) is 2.91. The lowest BCUT2D eigenvalue weighted by atomic mass is 10.2. The lowest BCUT2D eigenvalue weighted by Gasteiger charge is -2.07. The van der Waals surface area contributed by atoms with E-state index in [-0.39, 0.29) is 11.7 Å². The van der Waals surface area contributed by atoms with Crippen LogP contribution in [0, 0.1) is 13.8 Å². The smallest absolute Gasteiger partial charge is 0.265 e. The number of aromatic hydroxyl groups is 1. The van der Waals surface area contributed by atoms with Crippen molar-refractivity contribution in [1.29, 1.82) is 0 Å². The van der Waals surface area contributed by atoms with Gasteiger partial charge in [-0.2, -0.15) is 0 Å². The lowest BCUT2D eigenvalue weighted by molar-refractivity contribution is 0.103. The summed E-state index contributed by atoms with van der Waals surface area (Å²) in [4.78, 5) is 13.8. The molecule has 2 aromatic rings. The summed E-state index contributed by atoms with van der Waals surface area (Å²) >= 11 is 1.45. The predicted molar refractivity (Wildman–Crippen MR) is 74.3 cm³/mol. The monoisotopic (exact) mass is 262 g/mol. The minimum absolute atomic E-state index is 0.0771. The third-order valence-corrected chi connectivity index (χ3v) is 3.82. The normalized spacial score (nSPS) is 10.3. The molecular formula is C13H14N2O2S. The molecule has 0 bridgehead atoms. The first kappa shape index (κ1) is 12.4. The number of nitrogen functional groups attached to an aromatic ring is 1. The second-order valence-corrected chi connectivity index (χ2v) is 5.33. The molecule has 1 aromatic heterocycles. The maximum Gasteiger partial charge on any atom is 0.265 e. The second kappa shape index (κ2) is 4.70. The van der Waals surface area contributed by atoms with Crippen molar-refractivity contribution in [3.05, 3.63) is 39.6 Å². The zero-order valence-electron chi connectivity index (χ0n) is 10.2. The zero-order chi connectivity index (χ0) is 13.3. The van der Waals surface area contributed by atoms with Gasteiger partial charge in [0.15, 0.2) is 0 Å². The van der Waals surface area contributed by atoms with Crippen molar-refractivity contribution in [1.82, 2.24) is 0 Å². The lowest BCUT2D eigenvalue weighted by Crippen LogP contribution is -2.11. The first-order chi connectivity index (χ1) is 8.47. The van der Waals surface area contributed by atoms with E-state index in [4.69, 9.17) is 5.73 Å². The number of carbonyl (C=O) groups excluding carboxylic acids is 1. The van der Waals surface area contributed by atoms with Crippen molar-refractivity contribution in [3.63, 3.8) is 0 Å². The molecule has 4 N–H and O–H groups in total. The fraction of sp³-hybridized carbons (Fsp3) is 0.154. The van der Waals surface area contributed by atoms with Crippen LogP contribution in [0.25, 0.3) is 0 Å². The molecule has 0 aliphatic rings. The van der Waals surface area contributed by atoms with Crippen LogP contribution in [0.2, 0.25) is 0 Å². The SMILES string of the molecule is Cc1cc(C(=O)Nc2ccc(O)cc2N)sc1C. The number of nitrogens with two attached hydrogens (primary N) is 1. The molecule has 18 heavy (non-hydrogen) atoms. The molecule has 4 nitrogen and oxygen atoms in total. The van der Waals surface area contributed by atoms with Gasteiger partial charge in [-0.25, -0.2) is 0 Å². The maximum atomic E-state index is 12.0. The third kappa shape index (κ3) is 2.46. The third-order valence-electron chi connectivity index (χ3n) is 2.67. The molecule has 0 spiro atoms. The van der Waals surface area contributed by atoms with Gasteiger partial charge in [-0.05, 0) is 37.6 Å². The molecule has 1 aromatic carbocycles. The Hall–Kier alpha value is -2.01.